The second-order valence-electron chi connectivity index (χ2n) is 5.59. The van der Waals surface area contributed by atoms with E-state index in [0.29, 0.717) is 26.1 Å². The molecule has 2 rings (SSSR count). The van der Waals surface area contributed by atoms with Gasteiger partial charge < -0.3 is 20.4 Å². The van der Waals surface area contributed by atoms with Gasteiger partial charge in [0, 0.05) is 65.1 Å². The van der Waals surface area contributed by atoms with Crippen LogP contribution in [0.5, 0.6) is 0 Å². The molecule has 1 saturated heterocycles. The van der Waals surface area contributed by atoms with Gasteiger partial charge in [-0.3, -0.25) is 9.79 Å². The van der Waals surface area contributed by atoms with E-state index in [-0.39, 0.29) is 29.9 Å². The Labute approximate surface area is 166 Å². The van der Waals surface area contributed by atoms with E-state index in [2.05, 4.69) is 37.4 Å². The van der Waals surface area contributed by atoms with Gasteiger partial charge in [0.05, 0.1) is 0 Å². The van der Waals surface area contributed by atoms with Crippen LogP contribution >= 0.6 is 24.0 Å². The Bertz CT molecular complexity index is 533. The van der Waals surface area contributed by atoms with Gasteiger partial charge in [-0.2, -0.15) is 0 Å². The number of aromatic nitrogens is 2. The Morgan fingerprint density at radius 1 is 1.16 bits per heavy atom. The monoisotopic (exact) mass is 461 g/mol. The highest BCUT2D eigenvalue weighted by Gasteiger charge is 2.22. The van der Waals surface area contributed by atoms with E-state index in [1.807, 2.05) is 4.90 Å². The van der Waals surface area contributed by atoms with Gasteiger partial charge in [0.1, 0.15) is 0 Å². The number of rotatable bonds is 6. The van der Waals surface area contributed by atoms with Gasteiger partial charge in [-0.05, 0) is 12.5 Å². The fourth-order valence-electron chi connectivity index (χ4n) is 2.52. The van der Waals surface area contributed by atoms with E-state index in [0.717, 1.165) is 38.0 Å². The summed E-state index contributed by atoms with van der Waals surface area (Å²) < 4.78 is 0. The minimum atomic E-state index is 0. The molecule has 25 heavy (non-hydrogen) atoms. The number of anilines is 1. The quantitative estimate of drug-likeness (QED) is 0.369. The highest BCUT2D eigenvalue weighted by Crippen LogP contribution is 2.10. The molecule has 0 atom stereocenters. The molecule has 1 aliphatic heterocycles. The second-order valence-corrected chi connectivity index (χ2v) is 5.59. The third kappa shape index (κ3) is 7.00. The van der Waals surface area contributed by atoms with Crippen molar-refractivity contribution in [1.82, 2.24) is 25.5 Å². The second kappa shape index (κ2) is 11.8. The van der Waals surface area contributed by atoms with Gasteiger partial charge in [-0.15, -0.1) is 24.0 Å². The number of carbonyl (C=O) groups excluding carboxylic acids is 1. The van der Waals surface area contributed by atoms with Crippen molar-refractivity contribution in [3.05, 3.63) is 18.5 Å². The first kappa shape index (κ1) is 21.4. The highest BCUT2D eigenvalue weighted by atomic mass is 127. The normalized spacial score (nSPS) is 14.7. The van der Waals surface area contributed by atoms with Crippen molar-refractivity contribution in [2.45, 2.75) is 19.8 Å². The Morgan fingerprint density at radius 3 is 2.40 bits per heavy atom. The molecule has 0 spiro atoms. The van der Waals surface area contributed by atoms with Crippen LogP contribution in [0.1, 0.15) is 19.8 Å². The number of guanidine groups is 1. The average molecular weight is 461 g/mol. The summed E-state index contributed by atoms with van der Waals surface area (Å²) in [6.07, 6.45) is 4.99. The zero-order valence-electron chi connectivity index (χ0n) is 14.9. The maximum atomic E-state index is 12.3. The smallest absolute Gasteiger partial charge is 0.225 e. The van der Waals surface area contributed by atoms with Crippen molar-refractivity contribution in [3.8, 4) is 0 Å². The number of hydrogen-bond donors (Lipinski definition) is 2. The molecular weight excluding hydrogens is 433 g/mol. The van der Waals surface area contributed by atoms with E-state index < -0.39 is 0 Å². The average Bonchev–Trinajstić information content (AvgIpc) is 2.65. The number of hydrogen-bond acceptors (Lipinski definition) is 5. The minimum Gasteiger partial charge on any atom is -0.356 e. The molecule has 2 N–H and O–H groups in total. The van der Waals surface area contributed by atoms with E-state index in [1.165, 1.54) is 0 Å². The van der Waals surface area contributed by atoms with Crippen molar-refractivity contribution >= 4 is 41.8 Å². The summed E-state index contributed by atoms with van der Waals surface area (Å²) in [6.45, 7) is 6.51. The van der Waals surface area contributed by atoms with Crippen molar-refractivity contribution in [1.29, 1.82) is 0 Å². The number of amides is 1. The SMILES string of the molecule is CCCNC(=NC)NCCC(=O)N1CCN(c2ncccn2)CC1.I. The maximum Gasteiger partial charge on any atom is 0.225 e. The Morgan fingerprint density at radius 2 is 1.80 bits per heavy atom. The summed E-state index contributed by atoms with van der Waals surface area (Å²) in [5.74, 6) is 1.65. The fraction of sp³-hybridized carbons (Fsp3) is 0.625. The van der Waals surface area contributed by atoms with Crippen molar-refractivity contribution in [3.63, 3.8) is 0 Å². The standard InChI is InChI=1S/C16H27N7O.HI/c1-3-6-18-15(17-2)19-9-5-14(24)22-10-12-23(13-11-22)16-20-7-4-8-21-16;/h4,7-8H,3,5-6,9-13H2,1-2H3,(H2,17,18,19);1H. The van der Waals surface area contributed by atoms with Crippen LogP contribution in [0.2, 0.25) is 0 Å². The third-order valence-electron chi connectivity index (χ3n) is 3.86. The zero-order valence-corrected chi connectivity index (χ0v) is 17.3. The van der Waals surface area contributed by atoms with E-state index in [1.54, 1.807) is 25.5 Å². The molecule has 1 aromatic heterocycles. The van der Waals surface area contributed by atoms with Crippen LogP contribution in [-0.4, -0.2) is 73.1 Å². The zero-order chi connectivity index (χ0) is 17.2. The molecule has 1 aliphatic rings. The van der Waals surface area contributed by atoms with Gasteiger partial charge in [0.25, 0.3) is 0 Å². The number of piperazine rings is 1. The van der Waals surface area contributed by atoms with Crippen LogP contribution in [0.3, 0.4) is 0 Å². The maximum absolute atomic E-state index is 12.3. The van der Waals surface area contributed by atoms with Crippen LogP contribution in [0.25, 0.3) is 0 Å². The van der Waals surface area contributed by atoms with Gasteiger partial charge in [-0.1, -0.05) is 6.92 Å². The summed E-state index contributed by atoms with van der Waals surface area (Å²) in [5, 5.41) is 6.36. The van der Waals surface area contributed by atoms with Crippen LogP contribution in [0.4, 0.5) is 5.95 Å². The molecule has 1 fully saturated rings. The number of nitrogens with zero attached hydrogens (tertiary/aromatic N) is 5. The first-order valence-corrected chi connectivity index (χ1v) is 8.49. The number of halogens is 1. The lowest BCUT2D eigenvalue weighted by Crippen LogP contribution is -2.50. The Balaban J connectivity index is 0.00000312. The molecule has 140 valence electrons. The molecule has 0 saturated carbocycles. The summed E-state index contributed by atoms with van der Waals surface area (Å²) in [4.78, 5) is 29.0. The molecule has 9 heteroatoms. The van der Waals surface area contributed by atoms with Crippen LogP contribution in [-0.2, 0) is 4.79 Å². The van der Waals surface area contributed by atoms with E-state index >= 15 is 0 Å². The Kier molecular flexibility index (Phi) is 10.1. The number of aliphatic imine (C=N–C) groups is 1. The molecule has 0 aliphatic carbocycles. The largest absolute Gasteiger partial charge is 0.356 e. The summed E-state index contributed by atoms with van der Waals surface area (Å²) >= 11 is 0. The van der Waals surface area contributed by atoms with Gasteiger partial charge in [0.2, 0.25) is 11.9 Å². The van der Waals surface area contributed by atoms with Crippen molar-refractivity contribution in [2.75, 3.05) is 51.2 Å². The first-order valence-electron chi connectivity index (χ1n) is 8.49. The molecular formula is C16H28IN7O. The molecule has 0 bridgehead atoms. The van der Waals surface area contributed by atoms with E-state index in [4.69, 9.17) is 0 Å². The van der Waals surface area contributed by atoms with Crippen LogP contribution < -0.4 is 15.5 Å². The van der Waals surface area contributed by atoms with E-state index in [9.17, 15) is 4.79 Å². The lowest BCUT2D eigenvalue weighted by Gasteiger charge is -2.34. The van der Waals surface area contributed by atoms with Crippen molar-refractivity contribution in [2.24, 2.45) is 4.99 Å². The fourth-order valence-corrected chi connectivity index (χ4v) is 2.52. The summed E-state index contributed by atoms with van der Waals surface area (Å²) in [5.41, 5.74) is 0. The molecule has 2 heterocycles. The predicted octanol–water partition coefficient (Wildman–Crippen LogP) is 0.708. The highest BCUT2D eigenvalue weighted by molar-refractivity contribution is 14.0. The number of carbonyl (C=O) groups is 1. The molecule has 1 amide bonds. The van der Waals surface area contributed by atoms with Crippen LogP contribution in [0.15, 0.2) is 23.5 Å². The Hall–Kier alpha value is -1.65. The van der Waals surface area contributed by atoms with Gasteiger partial charge in [0.15, 0.2) is 5.96 Å². The lowest BCUT2D eigenvalue weighted by molar-refractivity contribution is -0.131. The topological polar surface area (TPSA) is 85.8 Å². The minimum absolute atomic E-state index is 0. The van der Waals surface area contributed by atoms with Crippen molar-refractivity contribution < 1.29 is 4.79 Å². The molecule has 1 aromatic rings. The van der Waals surface area contributed by atoms with Crippen LogP contribution in [0, 0.1) is 0 Å². The molecule has 8 nitrogen and oxygen atoms in total. The molecule has 0 radical (unpaired) electrons. The number of nitrogens with one attached hydrogen (secondary N) is 2. The third-order valence-corrected chi connectivity index (χ3v) is 3.86. The first-order chi connectivity index (χ1) is 11.7. The summed E-state index contributed by atoms with van der Waals surface area (Å²) in [6, 6.07) is 1.81. The molecule has 0 aromatic carbocycles. The van der Waals surface area contributed by atoms with Gasteiger partial charge >= 0.3 is 0 Å². The predicted molar refractivity (Wildman–Crippen MR) is 111 cm³/mol. The lowest BCUT2D eigenvalue weighted by atomic mass is 10.3. The summed E-state index contributed by atoms with van der Waals surface area (Å²) in [7, 11) is 1.73. The van der Waals surface area contributed by atoms with Gasteiger partial charge in [-0.25, -0.2) is 9.97 Å². The molecule has 0 unspecified atom stereocenters.